The number of methoxy groups -OCH3 is 1. The van der Waals surface area contributed by atoms with Gasteiger partial charge in [0.1, 0.15) is 18.0 Å². The highest BCUT2D eigenvalue weighted by atomic mass is 16.7. The lowest BCUT2D eigenvalue weighted by Crippen LogP contribution is -2.36. The van der Waals surface area contributed by atoms with Gasteiger partial charge in [0.25, 0.3) is 0 Å². The van der Waals surface area contributed by atoms with Gasteiger partial charge < -0.3 is 24.4 Å². The Kier molecular flexibility index (Phi) is 6.80. The van der Waals surface area contributed by atoms with Gasteiger partial charge in [0.2, 0.25) is 0 Å². The van der Waals surface area contributed by atoms with E-state index in [4.69, 9.17) is 14.2 Å². The van der Waals surface area contributed by atoms with Gasteiger partial charge in [-0.25, -0.2) is 0 Å². The lowest BCUT2D eigenvalue weighted by molar-refractivity contribution is -0.212. The SMILES string of the molecule is CCOC(OCC)[C@H](O)[C@@H](O)c1ccc(OC)cc1. The van der Waals surface area contributed by atoms with E-state index >= 15 is 0 Å². The molecule has 0 saturated heterocycles. The average Bonchev–Trinajstić information content (AvgIpc) is 2.45. The van der Waals surface area contributed by atoms with Crippen LogP contribution < -0.4 is 4.74 Å². The summed E-state index contributed by atoms with van der Waals surface area (Å²) in [6.45, 7) is 4.41. The van der Waals surface area contributed by atoms with E-state index in [-0.39, 0.29) is 0 Å². The topological polar surface area (TPSA) is 68.2 Å². The molecular formula is C14H22O5. The molecule has 0 aliphatic heterocycles. The molecule has 1 aromatic carbocycles. The minimum absolute atomic E-state index is 0.400. The highest BCUT2D eigenvalue weighted by molar-refractivity contribution is 5.28. The second-order valence-electron chi connectivity index (χ2n) is 3.99. The summed E-state index contributed by atoms with van der Waals surface area (Å²) in [5.41, 5.74) is 0.581. The average molecular weight is 270 g/mol. The molecule has 0 unspecified atom stereocenters. The molecule has 5 heteroatoms. The zero-order valence-electron chi connectivity index (χ0n) is 11.6. The second kappa shape index (κ2) is 8.12. The third kappa shape index (κ3) is 4.47. The Labute approximate surface area is 113 Å². The molecule has 0 radical (unpaired) electrons. The van der Waals surface area contributed by atoms with Crippen LogP contribution in [0.15, 0.2) is 24.3 Å². The summed E-state index contributed by atoms with van der Waals surface area (Å²) in [5, 5.41) is 20.2. The van der Waals surface area contributed by atoms with Crippen LogP contribution in [-0.4, -0.2) is 42.9 Å². The van der Waals surface area contributed by atoms with Crippen molar-refractivity contribution in [3.05, 3.63) is 29.8 Å². The number of hydrogen-bond acceptors (Lipinski definition) is 5. The van der Waals surface area contributed by atoms with Crippen molar-refractivity contribution in [2.45, 2.75) is 32.3 Å². The van der Waals surface area contributed by atoms with Gasteiger partial charge in [0.15, 0.2) is 6.29 Å². The van der Waals surface area contributed by atoms with Crippen LogP contribution in [0.3, 0.4) is 0 Å². The lowest BCUT2D eigenvalue weighted by atomic mass is 10.0. The van der Waals surface area contributed by atoms with Gasteiger partial charge in [0, 0.05) is 13.2 Å². The molecule has 0 heterocycles. The largest absolute Gasteiger partial charge is 0.497 e. The molecule has 5 nitrogen and oxygen atoms in total. The van der Waals surface area contributed by atoms with Crippen LogP contribution >= 0.6 is 0 Å². The van der Waals surface area contributed by atoms with Gasteiger partial charge in [-0.3, -0.25) is 0 Å². The molecule has 0 bridgehead atoms. The summed E-state index contributed by atoms with van der Waals surface area (Å²) >= 11 is 0. The Morgan fingerprint density at radius 3 is 1.95 bits per heavy atom. The van der Waals surface area contributed by atoms with Crippen LogP contribution in [0.1, 0.15) is 25.5 Å². The smallest absolute Gasteiger partial charge is 0.186 e. The van der Waals surface area contributed by atoms with Gasteiger partial charge in [-0.05, 0) is 31.5 Å². The predicted octanol–water partition coefficient (Wildman–Crippen LogP) is 1.49. The van der Waals surface area contributed by atoms with E-state index in [9.17, 15) is 10.2 Å². The summed E-state index contributed by atoms with van der Waals surface area (Å²) in [4.78, 5) is 0. The highest BCUT2D eigenvalue weighted by Gasteiger charge is 2.28. The first-order valence-electron chi connectivity index (χ1n) is 6.37. The molecule has 0 saturated carbocycles. The van der Waals surface area contributed by atoms with Crippen LogP contribution in [0, 0.1) is 0 Å². The maximum Gasteiger partial charge on any atom is 0.186 e. The number of ether oxygens (including phenoxy) is 3. The monoisotopic (exact) mass is 270 g/mol. The van der Waals surface area contributed by atoms with Crippen LogP contribution in [0.25, 0.3) is 0 Å². The molecule has 0 aliphatic carbocycles. The van der Waals surface area contributed by atoms with E-state index in [1.54, 1.807) is 45.2 Å². The third-order valence-electron chi connectivity index (χ3n) is 2.72. The van der Waals surface area contributed by atoms with E-state index in [1.165, 1.54) is 0 Å². The fourth-order valence-corrected chi connectivity index (χ4v) is 1.72. The summed E-state index contributed by atoms with van der Waals surface area (Å²) < 4.78 is 15.6. The quantitative estimate of drug-likeness (QED) is 0.700. The normalized spacial score (nSPS) is 14.4. The molecule has 19 heavy (non-hydrogen) atoms. The van der Waals surface area contributed by atoms with Crippen molar-refractivity contribution in [2.24, 2.45) is 0 Å². The van der Waals surface area contributed by atoms with E-state index in [0.717, 1.165) is 0 Å². The van der Waals surface area contributed by atoms with E-state index in [1.807, 2.05) is 0 Å². The summed E-state index contributed by atoms with van der Waals surface area (Å²) in [5.74, 6) is 0.691. The van der Waals surface area contributed by atoms with Crippen molar-refractivity contribution in [1.29, 1.82) is 0 Å². The molecule has 0 aromatic heterocycles. The van der Waals surface area contributed by atoms with Crippen LogP contribution in [-0.2, 0) is 9.47 Å². The number of aliphatic hydroxyl groups excluding tert-OH is 2. The molecule has 0 aliphatic rings. The number of aliphatic hydroxyl groups is 2. The first kappa shape index (κ1) is 15.9. The minimum Gasteiger partial charge on any atom is -0.497 e. The fourth-order valence-electron chi connectivity index (χ4n) is 1.72. The summed E-state index contributed by atoms with van der Waals surface area (Å²) in [6.07, 6.45) is -3.06. The number of rotatable bonds is 8. The maximum absolute atomic E-state index is 10.1. The van der Waals surface area contributed by atoms with Gasteiger partial charge in [-0.2, -0.15) is 0 Å². The van der Waals surface area contributed by atoms with Gasteiger partial charge >= 0.3 is 0 Å². The van der Waals surface area contributed by atoms with Gasteiger partial charge in [-0.1, -0.05) is 12.1 Å². The van der Waals surface area contributed by atoms with Crippen molar-refractivity contribution in [3.8, 4) is 5.75 Å². The van der Waals surface area contributed by atoms with Crippen LogP contribution in [0.5, 0.6) is 5.75 Å². The van der Waals surface area contributed by atoms with E-state index in [2.05, 4.69) is 0 Å². The molecule has 0 spiro atoms. The Balaban J connectivity index is 2.74. The molecule has 2 N–H and O–H groups in total. The van der Waals surface area contributed by atoms with Crippen LogP contribution in [0.4, 0.5) is 0 Å². The predicted molar refractivity (Wildman–Crippen MR) is 71.0 cm³/mol. The zero-order valence-corrected chi connectivity index (χ0v) is 11.6. The number of benzene rings is 1. The maximum atomic E-state index is 10.1. The fraction of sp³-hybridized carbons (Fsp3) is 0.571. The standard InChI is InChI=1S/C14H22O5/c1-4-18-14(19-5-2)13(16)12(15)10-6-8-11(17-3)9-7-10/h6-9,12-16H,4-5H2,1-3H3/t12-,13+/m0/s1. The zero-order chi connectivity index (χ0) is 14.3. The third-order valence-corrected chi connectivity index (χ3v) is 2.72. The van der Waals surface area contributed by atoms with E-state index < -0.39 is 18.5 Å². The molecule has 1 rings (SSSR count). The Hall–Kier alpha value is -1.14. The summed E-state index contributed by atoms with van der Waals surface area (Å²) in [7, 11) is 1.57. The van der Waals surface area contributed by atoms with Crippen molar-refractivity contribution >= 4 is 0 Å². The van der Waals surface area contributed by atoms with E-state index in [0.29, 0.717) is 24.5 Å². The molecule has 0 fully saturated rings. The van der Waals surface area contributed by atoms with Crippen LogP contribution in [0.2, 0.25) is 0 Å². The Bertz CT molecular complexity index is 345. The first-order chi connectivity index (χ1) is 9.13. The molecule has 108 valence electrons. The minimum atomic E-state index is -1.15. The highest BCUT2D eigenvalue weighted by Crippen LogP contribution is 2.23. The van der Waals surface area contributed by atoms with Gasteiger partial charge in [0.05, 0.1) is 7.11 Å². The van der Waals surface area contributed by atoms with Gasteiger partial charge in [-0.15, -0.1) is 0 Å². The summed E-state index contributed by atoms with van der Waals surface area (Å²) in [6, 6.07) is 6.84. The lowest BCUT2D eigenvalue weighted by Gasteiger charge is -2.26. The molecule has 1 aromatic rings. The Morgan fingerprint density at radius 2 is 1.53 bits per heavy atom. The molecule has 0 amide bonds. The molecule has 2 atom stereocenters. The van der Waals surface area contributed by atoms with Crippen molar-refractivity contribution in [2.75, 3.05) is 20.3 Å². The Morgan fingerprint density at radius 1 is 1.00 bits per heavy atom. The second-order valence-corrected chi connectivity index (χ2v) is 3.99. The van der Waals surface area contributed by atoms with Crippen molar-refractivity contribution < 1.29 is 24.4 Å². The molecular weight excluding hydrogens is 248 g/mol. The van der Waals surface area contributed by atoms with Crippen molar-refractivity contribution in [3.63, 3.8) is 0 Å². The first-order valence-corrected chi connectivity index (χ1v) is 6.37. The van der Waals surface area contributed by atoms with Crippen molar-refractivity contribution in [1.82, 2.24) is 0 Å². The number of hydrogen-bond donors (Lipinski definition) is 2.